The summed E-state index contributed by atoms with van der Waals surface area (Å²) in [6, 6.07) is 1.97. The summed E-state index contributed by atoms with van der Waals surface area (Å²) >= 11 is 0. The zero-order valence-electron chi connectivity index (χ0n) is 11.8. The lowest BCUT2D eigenvalue weighted by molar-refractivity contribution is -0.0423. The Morgan fingerprint density at radius 2 is 2.26 bits per heavy atom. The smallest absolute Gasteiger partial charge is 0.224 e. The molecule has 0 amide bonds. The second-order valence-electron chi connectivity index (χ2n) is 4.88. The molecule has 1 aromatic rings. The molecular formula is C13H22N4O2. The molecule has 1 aromatic heterocycles. The molecule has 0 saturated carbocycles. The third-order valence-corrected chi connectivity index (χ3v) is 3.03. The van der Waals surface area contributed by atoms with Crippen LogP contribution in [0.25, 0.3) is 0 Å². The first kappa shape index (κ1) is 14.0. The Hall–Kier alpha value is -1.40. The average molecular weight is 266 g/mol. The molecule has 1 aliphatic rings. The van der Waals surface area contributed by atoms with Crippen molar-refractivity contribution in [2.24, 2.45) is 0 Å². The normalized spacial score (nSPS) is 23.5. The summed E-state index contributed by atoms with van der Waals surface area (Å²) in [5.41, 5.74) is 0.931. The van der Waals surface area contributed by atoms with Crippen LogP contribution >= 0.6 is 0 Å². The van der Waals surface area contributed by atoms with Crippen molar-refractivity contribution in [2.45, 2.75) is 33.0 Å². The van der Waals surface area contributed by atoms with Crippen molar-refractivity contribution >= 4 is 11.8 Å². The zero-order valence-corrected chi connectivity index (χ0v) is 11.8. The molecule has 6 heteroatoms. The van der Waals surface area contributed by atoms with E-state index in [1.54, 1.807) is 0 Å². The predicted molar refractivity (Wildman–Crippen MR) is 74.6 cm³/mol. The zero-order chi connectivity index (χ0) is 13.8. The van der Waals surface area contributed by atoms with Gasteiger partial charge in [0.2, 0.25) is 5.95 Å². The van der Waals surface area contributed by atoms with Crippen LogP contribution in [0, 0.1) is 6.92 Å². The molecule has 1 fully saturated rings. The number of nitrogens with zero attached hydrogens (tertiary/aromatic N) is 3. The second-order valence-corrected chi connectivity index (χ2v) is 4.88. The SMILES string of the molecule is CCNc1nc(C)cc(N2CC(C)OC(CO)C2)n1. The Labute approximate surface area is 113 Å². The van der Waals surface area contributed by atoms with Crippen LogP contribution in [0.15, 0.2) is 6.07 Å². The summed E-state index contributed by atoms with van der Waals surface area (Å²) in [7, 11) is 0. The molecule has 2 heterocycles. The fourth-order valence-electron chi connectivity index (χ4n) is 2.28. The second kappa shape index (κ2) is 6.16. The van der Waals surface area contributed by atoms with Crippen LogP contribution in [-0.2, 0) is 4.74 Å². The van der Waals surface area contributed by atoms with Crippen molar-refractivity contribution < 1.29 is 9.84 Å². The minimum atomic E-state index is -0.151. The number of aliphatic hydroxyl groups excluding tert-OH is 1. The van der Waals surface area contributed by atoms with Crippen LogP contribution in [0.5, 0.6) is 0 Å². The molecule has 2 N–H and O–H groups in total. The Kier molecular flexibility index (Phi) is 4.55. The number of anilines is 2. The quantitative estimate of drug-likeness (QED) is 0.840. The molecule has 1 saturated heterocycles. The summed E-state index contributed by atoms with van der Waals surface area (Å²) in [6.45, 7) is 8.24. The van der Waals surface area contributed by atoms with Crippen molar-refractivity contribution in [2.75, 3.05) is 36.5 Å². The topological polar surface area (TPSA) is 70.5 Å². The molecule has 2 atom stereocenters. The maximum absolute atomic E-state index is 9.27. The molecule has 1 aliphatic heterocycles. The van der Waals surface area contributed by atoms with Gasteiger partial charge in [-0.1, -0.05) is 0 Å². The lowest BCUT2D eigenvalue weighted by atomic mass is 10.2. The van der Waals surface area contributed by atoms with Gasteiger partial charge in [-0.05, 0) is 20.8 Å². The van der Waals surface area contributed by atoms with Gasteiger partial charge >= 0.3 is 0 Å². The maximum Gasteiger partial charge on any atom is 0.224 e. The van der Waals surface area contributed by atoms with E-state index < -0.39 is 0 Å². The van der Waals surface area contributed by atoms with Crippen LogP contribution < -0.4 is 10.2 Å². The third kappa shape index (κ3) is 3.54. The van der Waals surface area contributed by atoms with E-state index in [0.29, 0.717) is 12.5 Å². The Balaban J connectivity index is 2.20. The van der Waals surface area contributed by atoms with Crippen molar-refractivity contribution in [3.63, 3.8) is 0 Å². The summed E-state index contributed by atoms with van der Waals surface area (Å²) in [5, 5.41) is 12.4. The number of hydrogen-bond acceptors (Lipinski definition) is 6. The Morgan fingerprint density at radius 1 is 1.47 bits per heavy atom. The van der Waals surface area contributed by atoms with Gasteiger partial charge in [-0.15, -0.1) is 0 Å². The molecule has 6 nitrogen and oxygen atoms in total. The molecule has 0 aliphatic carbocycles. The predicted octanol–water partition coefficient (Wildman–Crippen LogP) is 0.803. The largest absolute Gasteiger partial charge is 0.394 e. The number of nitrogens with one attached hydrogen (secondary N) is 1. The Morgan fingerprint density at radius 3 is 2.95 bits per heavy atom. The van der Waals surface area contributed by atoms with Gasteiger partial charge in [0.15, 0.2) is 0 Å². The lowest BCUT2D eigenvalue weighted by Gasteiger charge is -2.36. The first-order valence-electron chi connectivity index (χ1n) is 6.73. The van der Waals surface area contributed by atoms with Gasteiger partial charge < -0.3 is 20.1 Å². The highest BCUT2D eigenvalue weighted by molar-refractivity contribution is 5.45. The van der Waals surface area contributed by atoms with Gasteiger partial charge in [0.1, 0.15) is 5.82 Å². The van der Waals surface area contributed by atoms with Gasteiger partial charge in [0.05, 0.1) is 18.8 Å². The molecule has 2 unspecified atom stereocenters. The molecule has 106 valence electrons. The monoisotopic (exact) mass is 266 g/mol. The number of rotatable bonds is 4. The van der Waals surface area contributed by atoms with E-state index in [2.05, 4.69) is 20.2 Å². The molecule has 0 radical (unpaired) electrons. The standard InChI is InChI=1S/C13H22N4O2/c1-4-14-13-15-9(2)5-12(16-13)17-6-10(3)19-11(7-17)8-18/h5,10-11,18H,4,6-8H2,1-3H3,(H,14,15,16). The minimum absolute atomic E-state index is 0.0327. The highest BCUT2D eigenvalue weighted by atomic mass is 16.5. The van der Waals surface area contributed by atoms with Crippen LogP contribution in [-0.4, -0.2) is 53.5 Å². The number of aromatic nitrogens is 2. The fourth-order valence-corrected chi connectivity index (χ4v) is 2.28. The third-order valence-electron chi connectivity index (χ3n) is 3.03. The summed E-state index contributed by atoms with van der Waals surface area (Å²) in [6.07, 6.45) is -0.0645. The number of hydrogen-bond donors (Lipinski definition) is 2. The number of morpholine rings is 1. The van der Waals surface area contributed by atoms with Crippen LogP contribution in [0.1, 0.15) is 19.5 Å². The average Bonchev–Trinajstić information content (AvgIpc) is 2.37. The summed E-state index contributed by atoms with van der Waals surface area (Å²) in [5.74, 6) is 1.54. The van der Waals surface area contributed by atoms with Gasteiger partial charge in [-0.25, -0.2) is 4.98 Å². The highest BCUT2D eigenvalue weighted by Gasteiger charge is 2.26. The van der Waals surface area contributed by atoms with Crippen molar-refractivity contribution in [3.05, 3.63) is 11.8 Å². The summed E-state index contributed by atoms with van der Waals surface area (Å²) in [4.78, 5) is 11.0. The molecule has 19 heavy (non-hydrogen) atoms. The van der Waals surface area contributed by atoms with Gasteiger partial charge in [-0.2, -0.15) is 4.98 Å². The van der Waals surface area contributed by atoms with E-state index in [1.165, 1.54) is 0 Å². The number of ether oxygens (including phenoxy) is 1. The molecular weight excluding hydrogens is 244 g/mol. The number of aryl methyl sites for hydroxylation is 1. The summed E-state index contributed by atoms with van der Waals surface area (Å²) < 4.78 is 5.64. The fraction of sp³-hybridized carbons (Fsp3) is 0.692. The molecule has 0 spiro atoms. The van der Waals surface area contributed by atoms with Gasteiger partial charge in [0, 0.05) is 31.4 Å². The van der Waals surface area contributed by atoms with E-state index in [1.807, 2.05) is 26.8 Å². The first-order chi connectivity index (χ1) is 9.12. The van der Waals surface area contributed by atoms with Crippen LogP contribution in [0.3, 0.4) is 0 Å². The molecule has 0 bridgehead atoms. The van der Waals surface area contributed by atoms with Gasteiger partial charge in [0.25, 0.3) is 0 Å². The Bertz CT molecular complexity index is 427. The van der Waals surface area contributed by atoms with E-state index >= 15 is 0 Å². The van der Waals surface area contributed by atoms with E-state index in [0.717, 1.165) is 24.6 Å². The van der Waals surface area contributed by atoms with E-state index in [4.69, 9.17) is 4.74 Å². The minimum Gasteiger partial charge on any atom is -0.394 e. The van der Waals surface area contributed by atoms with Crippen LogP contribution in [0.4, 0.5) is 11.8 Å². The van der Waals surface area contributed by atoms with E-state index in [-0.39, 0.29) is 18.8 Å². The van der Waals surface area contributed by atoms with Gasteiger partial charge in [-0.3, -0.25) is 0 Å². The van der Waals surface area contributed by atoms with Crippen molar-refractivity contribution in [1.82, 2.24) is 9.97 Å². The van der Waals surface area contributed by atoms with Crippen LogP contribution in [0.2, 0.25) is 0 Å². The first-order valence-corrected chi connectivity index (χ1v) is 6.73. The molecule has 0 aromatic carbocycles. The van der Waals surface area contributed by atoms with E-state index in [9.17, 15) is 5.11 Å². The lowest BCUT2D eigenvalue weighted by Crippen LogP contribution is -2.48. The maximum atomic E-state index is 9.27. The highest BCUT2D eigenvalue weighted by Crippen LogP contribution is 2.20. The molecule has 2 rings (SSSR count). The van der Waals surface area contributed by atoms with Crippen molar-refractivity contribution in [3.8, 4) is 0 Å². The number of aliphatic hydroxyl groups is 1. The van der Waals surface area contributed by atoms with Crippen molar-refractivity contribution in [1.29, 1.82) is 0 Å².